The van der Waals surface area contributed by atoms with E-state index in [0.717, 1.165) is 0 Å². The van der Waals surface area contributed by atoms with Crippen LogP contribution in [0.5, 0.6) is 0 Å². The Kier molecular flexibility index (Phi) is 17.2. The summed E-state index contributed by atoms with van der Waals surface area (Å²) in [6.07, 6.45) is 8.49. The molecule has 0 aliphatic carbocycles. The summed E-state index contributed by atoms with van der Waals surface area (Å²) in [5, 5.41) is 0. The smallest absolute Gasteiger partial charge is 1.00 e. The predicted molar refractivity (Wildman–Crippen MR) is 47.0 cm³/mol. The van der Waals surface area contributed by atoms with Crippen molar-refractivity contribution in [3.8, 4) is 0 Å². The molecule has 54 valence electrons. The van der Waals surface area contributed by atoms with E-state index in [1.54, 1.807) is 0 Å². The summed E-state index contributed by atoms with van der Waals surface area (Å²) in [5.74, 6) is 0. The second-order valence-corrected chi connectivity index (χ2v) is 2.41. The van der Waals surface area contributed by atoms with Crippen molar-refractivity contribution >= 4 is 37.7 Å². The minimum atomic E-state index is 0. The Balaban J connectivity index is -0.0000000817. The van der Waals surface area contributed by atoms with Gasteiger partial charge in [-0.3, -0.25) is 0 Å². The number of hydrogen-bond donors (Lipinski definition) is 0. The maximum Gasteiger partial charge on any atom is 2.00 e. The standard InChI is InChI=1S/C8H18.Ca.2H/c1-3-5-7-8-6-4-2;;;/h3-8H2,1-2H3;;;/q;+2;2*-1. The SMILES string of the molecule is CCCCCCCC.[Ca+2].[H-].[H-]. The zero-order chi connectivity index (χ0) is 6.24. The molecule has 0 N–H and O–H groups in total. The molecule has 0 radical (unpaired) electrons. The molecule has 0 nitrogen and oxygen atoms in total. The third kappa shape index (κ3) is 12.5. The summed E-state index contributed by atoms with van der Waals surface area (Å²) in [4.78, 5) is 0. The van der Waals surface area contributed by atoms with Crippen molar-refractivity contribution in [1.29, 1.82) is 0 Å². The van der Waals surface area contributed by atoms with Gasteiger partial charge in [0.1, 0.15) is 0 Å². The van der Waals surface area contributed by atoms with E-state index in [4.69, 9.17) is 0 Å². The molecule has 0 aromatic heterocycles. The zero-order valence-electron chi connectivity index (χ0n) is 8.95. The van der Waals surface area contributed by atoms with Gasteiger partial charge in [-0.2, -0.15) is 0 Å². The topological polar surface area (TPSA) is 0 Å². The van der Waals surface area contributed by atoms with Crippen LogP contribution in [0.4, 0.5) is 0 Å². The molecule has 0 bridgehead atoms. The van der Waals surface area contributed by atoms with Crippen LogP contribution in [0.2, 0.25) is 0 Å². The quantitative estimate of drug-likeness (QED) is 0.423. The van der Waals surface area contributed by atoms with Crippen LogP contribution in [0.3, 0.4) is 0 Å². The summed E-state index contributed by atoms with van der Waals surface area (Å²) >= 11 is 0. The maximum atomic E-state index is 2.26. The second-order valence-electron chi connectivity index (χ2n) is 2.41. The van der Waals surface area contributed by atoms with E-state index < -0.39 is 0 Å². The van der Waals surface area contributed by atoms with Crippen molar-refractivity contribution in [2.24, 2.45) is 0 Å². The first-order chi connectivity index (χ1) is 3.91. The Morgan fingerprint density at radius 1 is 0.778 bits per heavy atom. The average molecular weight is 156 g/mol. The van der Waals surface area contributed by atoms with Gasteiger partial charge in [0.2, 0.25) is 0 Å². The minimum absolute atomic E-state index is 0. The Hall–Kier alpha value is 1.26. The Bertz CT molecular complexity index is 37.1. The molecule has 0 heterocycles. The molecule has 0 amide bonds. The molecule has 0 rings (SSSR count). The van der Waals surface area contributed by atoms with Crippen molar-refractivity contribution in [1.82, 2.24) is 0 Å². The third-order valence-electron chi connectivity index (χ3n) is 1.46. The van der Waals surface area contributed by atoms with Crippen LogP contribution < -0.4 is 0 Å². The van der Waals surface area contributed by atoms with Gasteiger partial charge in [0.15, 0.2) is 0 Å². The second kappa shape index (κ2) is 12.0. The fraction of sp³-hybridized carbons (Fsp3) is 1.00. The van der Waals surface area contributed by atoms with Crippen molar-refractivity contribution < 1.29 is 2.85 Å². The molecule has 0 saturated heterocycles. The molecule has 0 aromatic rings. The number of hydrogen-bond acceptors (Lipinski definition) is 0. The summed E-state index contributed by atoms with van der Waals surface area (Å²) < 4.78 is 0. The Morgan fingerprint density at radius 2 is 1.11 bits per heavy atom. The van der Waals surface area contributed by atoms with E-state index in [9.17, 15) is 0 Å². The molecule has 0 fully saturated rings. The fourth-order valence-corrected chi connectivity index (χ4v) is 0.854. The van der Waals surface area contributed by atoms with Crippen LogP contribution in [0.1, 0.15) is 55.2 Å². The van der Waals surface area contributed by atoms with Gasteiger partial charge >= 0.3 is 37.7 Å². The van der Waals surface area contributed by atoms with E-state index >= 15 is 0 Å². The molecule has 0 saturated carbocycles. The molecular weight excluding hydrogens is 136 g/mol. The van der Waals surface area contributed by atoms with Gasteiger partial charge in [-0.25, -0.2) is 0 Å². The average Bonchev–Trinajstić information content (AvgIpc) is 1.81. The van der Waals surface area contributed by atoms with Gasteiger partial charge in [-0.1, -0.05) is 52.4 Å². The summed E-state index contributed by atoms with van der Waals surface area (Å²) in [5.41, 5.74) is 0. The predicted octanol–water partition coefficient (Wildman–Crippen LogP) is 3.21. The molecule has 0 atom stereocenters. The molecule has 9 heavy (non-hydrogen) atoms. The zero-order valence-corrected chi connectivity index (χ0v) is 9.16. The molecule has 0 spiro atoms. The van der Waals surface area contributed by atoms with Crippen LogP contribution in [0.15, 0.2) is 0 Å². The van der Waals surface area contributed by atoms with Crippen molar-refractivity contribution in [3.05, 3.63) is 0 Å². The summed E-state index contributed by atoms with van der Waals surface area (Å²) in [6.45, 7) is 4.51. The van der Waals surface area contributed by atoms with Crippen LogP contribution in [-0.4, -0.2) is 37.7 Å². The van der Waals surface area contributed by atoms with Gasteiger partial charge in [-0.05, 0) is 0 Å². The van der Waals surface area contributed by atoms with E-state index in [1.807, 2.05) is 0 Å². The fourth-order valence-electron chi connectivity index (χ4n) is 0.854. The van der Waals surface area contributed by atoms with E-state index in [2.05, 4.69) is 13.8 Å². The van der Waals surface area contributed by atoms with Crippen molar-refractivity contribution in [2.75, 3.05) is 0 Å². The summed E-state index contributed by atoms with van der Waals surface area (Å²) in [7, 11) is 0. The number of rotatable bonds is 5. The molecule has 0 aromatic carbocycles. The van der Waals surface area contributed by atoms with Crippen molar-refractivity contribution in [2.45, 2.75) is 52.4 Å². The Labute approximate surface area is 92.4 Å². The molecule has 0 aliphatic rings. The van der Waals surface area contributed by atoms with Gasteiger partial charge in [-0.15, -0.1) is 0 Å². The molecule has 0 unspecified atom stereocenters. The van der Waals surface area contributed by atoms with Gasteiger partial charge in [0.05, 0.1) is 0 Å². The monoisotopic (exact) mass is 156 g/mol. The first kappa shape index (κ1) is 12.9. The van der Waals surface area contributed by atoms with Gasteiger partial charge in [0.25, 0.3) is 0 Å². The van der Waals surface area contributed by atoms with Gasteiger partial charge in [0, 0.05) is 0 Å². The molecular formula is C8H20Ca. The molecule has 0 aliphatic heterocycles. The van der Waals surface area contributed by atoms with E-state index in [-0.39, 0.29) is 40.6 Å². The Morgan fingerprint density at radius 3 is 1.33 bits per heavy atom. The van der Waals surface area contributed by atoms with Crippen LogP contribution >= 0.6 is 0 Å². The van der Waals surface area contributed by atoms with E-state index in [0.29, 0.717) is 0 Å². The largest absolute Gasteiger partial charge is 2.00 e. The molecule has 1 heteroatoms. The third-order valence-corrected chi connectivity index (χ3v) is 1.46. The van der Waals surface area contributed by atoms with Crippen LogP contribution in [0.25, 0.3) is 0 Å². The van der Waals surface area contributed by atoms with Crippen LogP contribution in [-0.2, 0) is 0 Å². The minimum Gasteiger partial charge on any atom is -1.00 e. The summed E-state index contributed by atoms with van der Waals surface area (Å²) in [6, 6.07) is 0. The maximum absolute atomic E-state index is 2.26. The van der Waals surface area contributed by atoms with Crippen LogP contribution in [0, 0.1) is 0 Å². The van der Waals surface area contributed by atoms with Gasteiger partial charge < -0.3 is 2.85 Å². The first-order valence-electron chi connectivity index (χ1n) is 3.91. The normalized spacial score (nSPS) is 8.67. The number of unbranched alkanes of at least 4 members (excludes halogenated alkanes) is 5. The first-order valence-corrected chi connectivity index (χ1v) is 3.91. The van der Waals surface area contributed by atoms with E-state index in [1.165, 1.54) is 38.5 Å². The van der Waals surface area contributed by atoms with Crippen molar-refractivity contribution in [3.63, 3.8) is 0 Å².